The fourth-order valence-corrected chi connectivity index (χ4v) is 3.10. The lowest BCUT2D eigenvalue weighted by molar-refractivity contribution is -0.143. The molecule has 28 heavy (non-hydrogen) atoms. The number of aromatic hydroxyl groups is 1. The fourth-order valence-electron chi connectivity index (χ4n) is 3.10. The second-order valence-electron chi connectivity index (χ2n) is 6.92. The normalized spacial score (nSPS) is 11.1. The molecule has 0 fully saturated rings. The van der Waals surface area contributed by atoms with Crippen LogP contribution in [0.1, 0.15) is 50.7 Å². The first kappa shape index (κ1) is 19.9. The maximum absolute atomic E-state index is 11.9. The van der Waals surface area contributed by atoms with Crippen molar-refractivity contribution in [1.29, 1.82) is 0 Å². The number of carbonyl (C=O) groups is 1. The summed E-state index contributed by atoms with van der Waals surface area (Å²) in [6, 6.07) is 11.4. The molecule has 0 aliphatic heterocycles. The third kappa shape index (κ3) is 4.68. The molecule has 0 amide bonds. The van der Waals surface area contributed by atoms with Gasteiger partial charge in [-0.2, -0.15) is 0 Å². The Labute approximate surface area is 165 Å². The number of hydrogen-bond donors (Lipinski definition) is 1. The van der Waals surface area contributed by atoms with Crippen molar-refractivity contribution >= 4 is 17.0 Å². The average Bonchev–Trinajstić information content (AvgIpc) is 3.14. The minimum atomic E-state index is -0.200. The molecule has 3 rings (SSSR count). The van der Waals surface area contributed by atoms with Crippen molar-refractivity contribution in [1.82, 2.24) is 15.0 Å². The van der Waals surface area contributed by atoms with Crippen LogP contribution in [0.4, 0.5) is 0 Å². The van der Waals surface area contributed by atoms with Gasteiger partial charge in [-0.05, 0) is 55.0 Å². The summed E-state index contributed by atoms with van der Waals surface area (Å²) >= 11 is 0. The molecule has 0 aliphatic carbocycles. The summed E-state index contributed by atoms with van der Waals surface area (Å²) in [4.78, 5) is 13.4. The summed E-state index contributed by atoms with van der Waals surface area (Å²) in [5.41, 5.74) is 3.91. The zero-order valence-electron chi connectivity index (χ0n) is 16.5. The first-order valence-corrected chi connectivity index (χ1v) is 9.95. The highest BCUT2D eigenvalue weighted by atomic mass is 16.5. The number of esters is 1. The molecule has 0 saturated carbocycles. The summed E-state index contributed by atoms with van der Waals surface area (Å²) in [6.07, 6.45) is 4.45. The Morgan fingerprint density at radius 3 is 2.43 bits per heavy atom. The summed E-state index contributed by atoms with van der Waals surface area (Å²) in [5.74, 6) is 0.000557. The summed E-state index contributed by atoms with van der Waals surface area (Å²) in [5, 5.41) is 19.8. The quantitative estimate of drug-likeness (QED) is 0.558. The molecular weight excluding hydrogens is 354 g/mol. The molecule has 3 aromatic rings. The van der Waals surface area contributed by atoms with Gasteiger partial charge in [-0.25, -0.2) is 0 Å². The highest BCUT2D eigenvalue weighted by molar-refractivity contribution is 5.74. The van der Waals surface area contributed by atoms with Crippen LogP contribution in [0.15, 0.2) is 36.4 Å². The van der Waals surface area contributed by atoms with Gasteiger partial charge in [0.2, 0.25) is 0 Å². The predicted molar refractivity (Wildman–Crippen MR) is 109 cm³/mol. The lowest BCUT2D eigenvalue weighted by Crippen LogP contribution is -2.08. The van der Waals surface area contributed by atoms with Gasteiger partial charge < -0.3 is 9.84 Å². The third-order valence-corrected chi connectivity index (χ3v) is 4.62. The van der Waals surface area contributed by atoms with Gasteiger partial charge >= 0.3 is 5.97 Å². The number of phenols is 1. The molecule has 0 atom stereocenters. The van der Waals surface area contributed by atoms with Gasteiger partial charge in [-0.15, -0.1) is 15.0 Å². The van der Waals surface area contributed by atoms with Gasteiger partial charge in [0.1, 0.15) is 22.5 Å². The number of hydrogen-bond acceptors (Lipinski definition) is 5. The van der Waals surface area contributed by atoms with Gasteiger partial charge in [-0.3, -0.25) is 4.79 Å². The first-order valence-electron chi connectivity index (χ1n) is 9.95. The van der Waals surface area contributed by atoms with E-state index in [4.69, 9.17) is 4.74 Å². The van der Waals surface area contributed by atoms with Crippen LogP contribution in [0.5, 0.6) is 5.75 Å². The number of carbonyl (C=O) groups excluding carboxylic acids is 1. The Bertz CT molecular complexity index is 916. The van der Waals surface area contributed by atoms with Crippen LogP contribution in [0, 0.1) is 0 Å². The Morgan fingerprint density at radius 1 is 1.07 bits per heavy atom. The molecule has 1 heterocycles. The van der Waals surface area contributed by atoms with Crippen LogP contribution >= 0.6 is 0 Å². The van der Waals surface area contributed by atoms with Crippen LogP contribution in [-0.4, -0.2) is 32.7 Å². The van der Waals surface area contributed by atoms with Crippen molar-refractivity contribution < 1.29 is 14.6 Å². The standard InChI is InChI=1S/C22H27N3O3/c1-3-5-8-17-14-16(11-12-21(26)28-13-4-2)15-20(22(17)27)25-23-18-9-6-7-10-19(18)24-25/h6-7,9-10,14-15,27H,3-5,8,11-13H2,1-2H3. The van der Waals surface area contributed by atoms with E-state index in [1.165, 1.54) is 4.80 Å². The van der Waals surface area contributed by atoms with Crippen molar-refractivity contribution in [3.05, 3.63) is 47.5 Å². The molecule has 1 N–H and O–H groups in total. The second-order valence-corrected chi connectivity index (χ2v) is 6.92. The molecule has 6 nitrogen and oxygen atoms in total. The van der Waals surface area contributed by atoms with E-state index in [0.29, 0.717) is 25.1 Å². The third-order valence-electron chi connectivity index (χ3n) is 4.62. The van der Waals surface area contributed by atoms with E-state index in [9.17, 15) is 9.90 Å². The van der Waals surface area contributed by atoms with E-state index < -0.39 is 0 Å². The smallest absolute Gasteiger partial charge is 0.306 e. The van der Waals surface area contributed by atoms with Gasteiger partial charge in [0.15, 0.2) is 0 Å². The van der Waals surface area contributed by atoms with Crippen LogP contribution in [-0.2, 0) is 22.4 Å². The minimum Gasteiger partial charge on any atom is -0.505 e. The Hall–Kier alpha value is -2.89. The zero-order chi connectivity index (χ0) is 19.9. The lowest BCUT2D eigenvalue weighted by Gasteiger charge is -2.12. The van der Waals surface area contributed by atoms with E-state index in [2.05, 4.69) is 17.1 Å². The van der Waals surface area contributed by atoms with Crippen LogP contribution in [0.3, 0.4) is 0 Å². The molecule has 6 heteroatoms. The number of aryl methyl sites for hydroxylation is 2. The molecular formula is C22H27N3O3. The summed E-state index contributed by atoms with van der Waals surface area (Å²) in [7, 11) is 0. The van der Waals surface area contributed by atoms with Crippen molar-refractivity contribution in [3.63, 3.8) is 0 Å². The van der Waals surface area contributed by atoms with Crippen LogP contribution in [0.2, 0.25) is 0 Å². The lowest BCUT2D eigenvalue weighted by atomic mass is 10.00. The highest BCUT2D eigenvalue weighted by Crippen LogP contribution is 2.30. The maximum Gasteiger partial charge on any atom is 0.306 e. The van der Waals surface area contributed by atoms with Crippen LogP contribution < -0.4 is 0 Å². The fraction of sp³-hybridized carbons (Fsp3) is 0.409. The molecule has 0 radical (unpaired) electrons. The Balaban J connectivity index is 1.92. The number of fused-ring (bicyclic) bond motifs is 1. The second kappa shape index (κ2) is 9.35. The molecule has 1 aromatic heterocycles. The molecule has 148 valence electrons. The number of unbranched alkanes of at least 4 members (excludes halogenated alkanes) is 1. The molecule has 2 aromatic carbocycles. The summed E-state index contributed by atoms with van der Waals surface area (Å²) < 4.78 is 5.17. The number of nitrogens with zero attached hydrogens (tertiary/aromatic N) is 3. The van der Waals surface area contributed by atoms with Gasteiger partial charge in [0.05, 0.1) is 6.61 Å². The predicted octanol–water partition coefficient (Wildman–Crippen LogP) is 4.35. The highest BCUT2D eigenvalue weighted by Gasteiger charge is 2.15. The summed E-state index contributed by atoms with van der Waals surface area (Å²) in [6.45, 7) is 4.54. The van der Waals surface area contributed by atoms with Gasteiger partial charge in [0.25, 0.3) is 0 Å². The molecule has 0 bridgehead atoms. The van der Waals surface area contributed by atoms with Crippen molar-refractivity contribution in [3.8, 4) is 11.4 Å². The minimum absolute atomic E-state index is 0.200. The topological polar surface area (TPSA) is 77.2 Å². The Morgan fingerprint density at radius 2 is 1.79 bits per heavy atom. The molecule has 0 aliphatic rings. The van der Waals surface area contributed by atoms with E-state index in [0.717, 1.165) is 47.8 Å². The number of rotatable bonds is 9. The van der Waals surface area contributed by atoms with Crippen LogP contribution in [0.25, 0.3) is 16.7 Å². The van der Waals surface area contributed by atoms with Gasteiger partial charge in [0, 0.05) is 6.42 Å². The number of ether oxygens (including phenoxy) is 1. The van der Waals surface area contributed by atoms with Crippen molar-refractivity contribution in [2.75, 3.05) is 6.61 Å². The van der Waals surface area contributed by atoms with Crippen molar-refractivity contribution in [2.24, 2.45) is 0 Å². The molecule has 0 unspecified atom stereocenters. The van der Waals surface area contributed by atoms with Gasteiger partial charge in [-0.1, -0.05) is 38.5 Å². The largest absolute Gasteiger partial charge is 0.505 e. The molecule has 0 spiro atoms. The number of benzene rings is 2. The van der Waals surface area contributed by atoms with E-state index >= 15 is 0 Å². The number of phenolic OH excluding ortho intramolecular Hbond substituents is 1. The first-order chi connectivity index (χ1) is 13.6. The van der Waals surface area contributed by atoms with E-state index in [-0.39, 0.29) is 11.7 Å². The maximum atomic E-state index is 11.9. The van der Waals surface area contributed by atoms with Crippen molar-refractivity contribution in [2.45, 2.75) is 52.4 Å². The van der Waals surface area contributed by atoms with E-state index in [1.54, 1.807) is 0 Å². The zero-order valence-corrected chi connectivity index (χ0v) is 16.5. The monoisotopic (exact) mass is 381 g/mol. The Kier molecular flexibility index (Phi) is 6.63. The average molecular weight is 381 g/mol. The molecule has 0 saturated heterocycles. The SMILES string of the molecule is CCCCc1cc(CCC(=O)OCCC)cc(-n2nc3ccccc3n2)c1O. The van der Waals surface area contributed by atoms with E-state index in [1.807, 2.05) is 43.3 Å². The number of aromatic nitrogens is 3.